The van der Waals surface area contributed by atoms with Gasteiger partial charge < -0.3 is 15.4 Å². The first-order valence-corrected chi connectivity index (χ1v) is 9.52. The Bertz CT molecular complexity index is 388. The van der Waals surface area contributed by atoms with E-state index in [2.05, 4.69) is 29.4 Å². The van der Waals surface area contributed by atoms with Crippen LogP contribution < -0.4 is 10.6 Å². The number of nitrogens with zero attached hydrogens (tertiary/aromatic N) is 1. The van der Waals surface area contributed by atoms with Gasteiger partial charge >= 0.3 is 0 Å². The Hall–Kier alpha value is -0.650. The first kappa shape index (κ1) is 17.2. The molecule has 3 rings (SSSR count). The number of carbonyl (C=O) groups excluding carboxylic acids is 1. The first-order chi connectivity index (χ1) is 11.1. The second-order valence-corrected chi connectivity index (χ2v) is 7.77. The fourth-order valence-corrected chi connectivity index (χ4v) is 4.52. The highest BCUT2D eigenvalue weighted by atomic mass is 16.5. The van der Waals surface area contributed by atoms with Crippen LogP contribution in [0.2, 0.25) is 0 Å². The van der Waals surface area contributed by atoms with Gasteiger partial charge in [0, 0.05) is 25.2 Å². The Kier molecular flexibility index (Phi) is 5.94. The van der Waals surface area contributed by atoms with Crippen molar-refractivity contribution in [2.45, 2.75) is 76.7 Å². The van der Waals surface area contributed by atoms with Gasteiger partial charge in [-0.3, -0.25) is 9.69 Å². The predicted molar refractivity (Wildman–Crippen MR) is 91.4 cm³/mol. The molecule has 0 saturated carbocycles. The highest BCUT2D eigenvalue weighted by Crippen LogP contribution is 2.26. The molecule has 1 amide bonds. The lowest BCUT2D eigenvalue weighted by Gasteiger charge is -2.43. The summed E-state index contributed by atoms with van der Waals surface area (Å²) in [6.45, 7) is 8.44. The molecule has 3 heterocycles. The van der Waals surface area contributed by atoms with Crippen LogP contribution in [0.3, 0.4) is 0 Å². The maximum absolute atomic E-state index is 12.5. The van der Waals surface area contributed by atoms with Gasteiger partial charge in [-0.15, -0.1) is 0 Å². The van der Waals surface area contributed by atoms with Crippen LogP contribution >= 0.6 is 0 Å². The largest absolute Gasteiger partial charge is 0.375 e. The molecule has 1 unspecified atom stereocenters. The van der Waals surface area contributed by atoms with Crippen molar-refractivity contribution in [3.63, 3.8) is 0 Å². The minimum absolute atomic E-state index is 0.169. The molecule has 3 fully saturated rings. The molecule has 3 aliphatic rings. The quantitative estimate of drug-likeness (QED) is 0.827. The van der Waals surface area contributed by atoms with Crippen molar-refractivity contribution < 1.29 is 9.53 Å². The van der Waals surface area contributed by atoms with E-state index in [-0.39, 0.29) is 11.8 Å². The van der Waals surface area contributed by atoms with Crippen LogP contribution in [0.4, 0.5) is 0 Å². The van der Waals surface area contributed by atoms with E-state index in [1.807, 2.05) is 0 Å². The number of carbonyl (C=O) groups is 1. The minimum Gasteiger partial charge on any atom is -0.375 e. The van der Waals surface area contributed by atoms with Crippen LogP contribution in [-0.4, -0.2) is 61.3 Å². The SMILES string of the molecule is C[C@@H]1CC(N2CCC[C@H](NC(=O)[C@@H]3CCCNC3)C2)C[C@H](C)O1. The summed E-state index contributed by atoms with van der Waals surface area (Å²) in [5.74, 6) is 0.431. The number of hydrogen-bond acceptors (Lipinski definition) is 4. The molecule has 23 heavy (non-hydrogen) atoms. The van der Waals surface area contributed by atoms with Crippen molar-refractivity contribution in [1.29, 1.82) is 0 Å². The number of likely N-dealkylation sites (tertiary alicyclic amines) is 1. The molecule has 3 aliphatic heterocycles. The maximum Gasteiger partial charge on any atom is 0.224 e. The van der Waals surface area contributed by atoms with E-state index in [0.717, 1.165) is 51.7 Å². The highest BCUT2D eigenvalue weighted by Gasteiger charge is 2.33. The summed E-state index contributed by atoms with van der Waals surface area (Å²) >= 11 is 0. The van der Waals surface area contributed by atoms with E-state index < -0.39 is 0 Å². The zero-order valence-electron chi connectivity index (χ0n) is 14.7. The lowest BCUT2D eigenvalue weighted by molar-refractivity contribution is -0.127. The summed E-state index contributed by atoms with van der Waals surface area (Å²) in [4.78, 5) is 15.1. The Morgan fingerprint density at radius 3 is 2.65 bits per heavy atom. The van der Waals surface area contributed by atoms with E-state index in [1.165, 1.54) is 13.0 Å². The van der Waals surface area contributed by atoms with Gasteiger partial charge in [0.2, 0.25) is 5.91 Å². The number of nitrogens with one attached hydrogen (secondary N) is 2. The Labute approximate surface area is 140 Å². The Morgan fingerprint density at radius 1 is 1.17 bits per heavy atom. The highest BCUT2D eigenvalue weighted by molar-refractivity contribution is 5.79. The van der Waals surface area contributed by atoms with Gasteiger partial charge in [0.25, 0.3) is 0 Å². The van der Waals surface area contributed by atoms with E-state index >= 15 is 0 Å². The molecule has 5 nitrogen and oxygen atoms in total. The van der Waals surface area contributed by atoms with Gasteiger partial charge in [-0.25, -0.2) is 0 Å². The molecular weight excluding hydrogens is 290 g/mol. The second-order valence-electron chi connectivity index (χ2n) is 7.77. The third kappa shape index (κ3) is 4.68. The predicted octanol–water partition coefficient (Wildman–Crippen LogP) is 1.52. The standard InChI is InChI=1S/C18H33N3O2/c1-13-9-17(10-14(2)23-13)21-8-4-6-16(12-21)20-18(22)15-5-3-7-19-11-15/h13-17,19H,3-12H2,1-2H3,(H,20,22)/t13-,14+,15-,16+,17?/m1/s1. The smallest absolute Gasteiger partial charge is 0.224 e. The normalized spacial score (nSPS) is 39.8. The summed E-state index contributed by atoms with van der Waals surface area (Å²) in [6.07, 6.45) is 7.41. The molecule has 0 radical (unpaired) electrons. The number of rotatable bonds is 3. The lowest BCUT2D eigenvalue weighted by Crippen LogP contribution is -2.54. The zero-order chi connectivity index (χ0) is 16.2. The Balaban J connectivity index is 1.50. The van der Waals surface area contributed by atoms with Crippen LogP contribution in [0.1, 0.15) is 52.4 Å². The van der Waals surface area contributed by atoms with Crippen molar-refractivity contribution in [2.75, 3.05) is 26.2 Å². The average molecular weight is 323 g/mol. The third-order valence-electron chi connectivity index (χ3n) is 5.66. The monoisotopic (exact) mass is 323 g/mol. The van der Waals surface area contributed by atoms with E-state index in [4.69, 9.17) is 4.74 Å². The molecule has 2 N–H and O–H groups in total. The zero-order valence-corrected chi connectivity index (χ0v) is 14.7. The fourth-order valence-electron chi connectivity index (χ4n) is 4.52. The molecule has 5 heteroatoms. The van der Waals surface area contributed by atoms with Gasteiger partial charge in [0.05, 0.1) is 18.1 Å². The van der Waals surface area contributed by atoms with Crippen molar-refractivity contribution in [3.8, 4) is 0 Å². The number of ether oxygens (including phenoxy) is 1. The second kappa shape index (κ2) is 7.95. The Morgan fingerprint density at radius 2 is 1.96 bits per heavy atom. The summed E-state index contributed by atoms with van der Waals surface area (Å²) in [5.41, 5.74) is 0. The average Bonchev–Trinajstić information content (AvgIpc) is 2.55. The number of piperidine rings is 2. The maximum atomic E-state index is 12.5. The summed E-state index contributed by atoms with van der Waals surface area (Å²) in [7, 11) is 0. The first-order valence-electron chi connectivity index (χ1n) is 9.52. The fraction of sp³-hybridized carbons (Fsp3) is 0.944. The van der Waals surface area contributed by atoms with E-state index in [1.54, 1.807) is 0 Å². The van der Waals surface area contributed by atoms with Gasteiger partial charge in [0.1, 0.15) is 0 Å². The van der Waals surface area contributed by atoms with E-state index in [9.17, 15) is 4.79 Å². The van der Waals surface area contributed by atoms with Crippen molar-refractivity contribution in [1.82, 2.24) is 15.5 Å². The summed E-state index contributed by atoms with van der Waals surface area (Å²) < 4.78 is 5.87. The molecule has 0 aliphatic carbocycles. The number of hydrogen-bond donors (Lipinski definition) is 2. The molecule has 0 spiro atoms. The van der Waals surface area contributed by atoms with Crippen LogP contribution in [0, 0.1) is 5.92 Å². The van der Waals surface area contributed by atoms with Crippen LogP contribution in [0.25, 0.3) is 0 Å². The van der Waals surface area contributed by atoms with Gasteiger partial charge in [-0.05, 0) is 65.5 Å². The van der Waals surface area contributed by atoms with Crippen molar-refractivity contribution in [2.24, 2.45) is 5.92 Å². The molecule has 5 atom stereocenters. The van der Waals surface area contributed by atoms with Gasteiger partial charge in [-0.2, -0.15) is 0 Å². The molecule has 3 saturated heterocycles. The molecule has 0 aromatic heterocycles. The van der Waals surface area contributed by atoms with Crippen LogP contribution in [-0.2, 0) is 9.53 Å². The summed E-state index contributed by atoms with van der Waals surface area (Å²) in [5, 5.41) is 6.67. The van der Waals surface area contributed by atoms with Crippen molar-refractivity contribution in [3.05, 3.63) is 0 Å². The molecular formula is C18H33N3O2. The van der Waals surface area contributed by atoms with Crippen LogP contribution in [0.5, 0.6) is 0 Å². The third-order valence-corrected chi connectivity index (χ3v) is 5.66. The topological polar surface area (TPSA) is 53.6 Å². The van der Waals surface area contributed by atoms with E-state index in [0.29, 0.717) is 24.3 Å². The number of amides is 1. The molecule has 132 valence electrons. The van der Waals surface area contributed by atoms with Crippen molar-refractivity contribution >= 4 is 5.91 Å². The molecule has 0 aromatic rings. The lowest BCUT2D eigenvalue weighted by atomic mass is 9.94. The van der Waals surface area contributed by atoms with Gasteiger partial charge in [-0.1, -0.05) is 0 Å². The molecule has 0 bridgehead atoms. The van der Waals surface area contributed by atoms with Crippen LogP contribution in [0.15, 0.2) is 0 Å². The summed E-state index contributed by atoms with van der Waals surface area (Å²) in [6, 6.07) is 0.941. The molecule has 0 aromatic carbocycles. The van der Waals surface area contributed by atoms with Gasteiger partial charge in [0.15, 0.2) is 0 Å². The minimum atomic E-state index is 0.169.